The number of carbonyl (C=O) groups is 1. The molecule has 0 aromatic rings. The van der Waals surface area contributed by atoms with Gasteiger partial charge in [-0.05, 0) is 56.3 Å². The van der Waals surface area contributed by atoms with Gasteiger partial charge >= 0.3 is 18.3 Å². The third-order valence-electron chi connectivity index (χ3n) is 5.46. The highest BCUT2D eigenvalue weighted by atomic mass is 19.3. The molecule has 0 amide bonds. The van der Waals surface area contributed by atoms with Crippen LogP contribution in [-0.4, -0.2) is 24.9 Å². The van der Waals surface area contributed by atoms with Gasteiger partial charge in [0.2, 0.25) is 0 Å². The minimum Gasteiger partial charge on any atom is -0.465 e. The summed E-state index contributed by atoms with van der Waals surface area (Å²) in [6.45, 7) is -0.627. The first-order valence-corrected chi connectivity index (χ1v) is 7.64. The molecule has 0 heterocycles. The zero-order valence-electron chi connectivity index (χ0n) is 11.8. The van der Waals surface area contributed by atoms with Gasteiger partial charge in [-0.25, -0.2) is 17.6 Å². The Hall–Kier alpha value is -0.810. The van der Waals surface area contributed by atoms with Crippen LogP contribution in [0.1, 0.15) is 44.9 Å². The summed E-state index contributed by atoms with van der Waals surface area (Å²) in [5.41, 5.74) is -0.519. The molecule has 4 rings (SSSR count). The fraction of sp³-hybridized carbons (Fsp3) is 0.933. The molecule has 0 N–H and O–H groups in total. The van der Waals surface area contributed by atoms with Crippen LogP contribution in [0.5, 0.6) is 0 Å². The molecule has 2 nitrogen and oxygen atoms in total. The van der Waals surface area contributed by atoms with Crippen LogP contribution < -0.4 is 0 Å². The maximum Gasteiger partial charge on any atom is 0.312 e. The number of hydrogen-bond acceptors (Lipinski definition) is 2. The highest BCUT2D eigenvalue weighted by molar-refractivity contribution is 5.77. The third-order valence-corrected chi connectivity index (χ3v) is 5.46. The summed E-state index contributed by atoms with van der Waals surface area (Å²) in [6, 6.07) is 0. The van der Waals surface area contributed by atoms with Crippen LogP contribution in [0.3, 0.4) is 0 Å². The van der Waals surface area contributed by atoms with Crippen molar-refractivity contribution in [1.29, 1.82) is 0 Å². The second kappa shape index (κ2) is 5.13. The monoisotopic (exact) mass is 308 g/mol. The van der Waals surface area contributed by atoms with Crippen molar-refractivity contribution in [2.75, 3.05) is 6.61 Å². The maximum absolute atomic E-state index is 12.8. The Balaban J connectivity index is 1.56. The van der Waals surface area contributed by atoms with Crippen LogP contribution in [0.4, 0.5) is 17.6 Å². The van der Waals surface area contributed by atoms with Crippen LogP contribution in [0.15, 0.2) is 0 Å². The van der Waals surface area contributed by atoms with Gasteiger partial charge in [0.1, 0.15) is 0 Å². The summed E-state index contributed by atoms with van der Waals surface area (Å²) in [4.78, 5) is 12.3. The highest BCUT2D eigenvalue weighted by Gasteiger charge is 2.55. The summed E-state index contributed by atoms with van der Waals surface area (Å²) in [5.74, 6) is -2.88. The first kappa shape index (κ1) is 15.1. The average Bonchev–Trinajstić information content (AvgIpc) is 2.36. The number of hydrogen-bond donors (Lipinski definition) is 0. The van der Waals surface area contributed by atoms with Crippen LogP contribution in [0.25, 0.3) is 0 Å². The van der Waals surface area contributed by atoms with E-state index in [-0.39, 0.29) is 0 Å². The number of halogens is 4. The molecule has 0 aromatic heterocycles. The van der Waals surface area contributed by atoms with Crippen LogP contribution in [0, 0.1) is 23.2 Å². The summed E-state index contributed by atoms with van der Waals surface area (Å²) in [6.07, 6.45) is 1.01. The van der Waals surface area contributed by atoms with Crippen molar-refractivity contribution in [3.05, 3.63) is 0 Å². The second-order valence-corrected chi connectivity index (χ2v) is 7.15. The van der Waals surface area contributed by atoms with Gasteiger partial charge < -0.3 is 4.74 Å². The molecule has 0 aliphatic heterocycles. The Bertz CT molecular complexity index is 387. The minimum atomic E-state index is -4.08. The van der Waals surface area contributed by atoms with Crippen molar-refractivity contribution in [2.45, 2.75) is 57.3 Å². The molecule has 4 bridgehead atoms. The second-order valence-electron chi connectivity index (χ2n) is 7.15. The van der Waals surface area contributed by atoms with Crippen molar-refractivity contribution in [1.82, 2.24) is 0 Å². The maximum atomic E-state index is 12.8. The molecule has 4 aliphatic carbocycles. The summed E-state index contributed by atoms with van der Waals surface area (Å²) < 4.78 is 54.7. The van der Waals surface area contributed by atoms with E-state index in [1.165, 1.54) is 0 Å². The van der Waals surface area contributed by atoms with E-state index in [1.54, 1.807) is 0 Å². The zero-order chi connectivity index (χ0) is 15.3. The SMILES string of the molecule is O=C(OCCC(F)(F)C(F)F)C12CC3CC(CC(C3)C1)C2. The van der Waals surface area contributed by atoms with Crippen LogP contribution in [0.2, 0.25) is 0 Å². The Morgan fingerprint density at radius 1 is 1.10 bits per heavy atom. The number of alkyl halides is 4. The number of carbonyl (C=O) groups excluding carboxylic acids is 1. The quantitative estimate of drug-likeness (QED) is 0.566. The molecule has 0 radical (unpaired) electrons. The van der Waals surface area contributed by atoms with E-state index in [1.807, 2.05) is 0 Å². The van der Waals surface area contributed by atoms with Gasteiger partial charge in [-0.1, -0.05) is 0 Å². The van der Waals surface area contributed by atoms with Crippen LogP contribution >= 0.6 is 0 Å². The first-order valence-electron chi connectivity index (χ1n) is 7.64. The largest absolute Gasteiger partial charge is 0.465 e. The predicted octanol–water partition coefficient (Wildman–Crippen LogP) is 4.04. The van der Waals surface area contributed by atoms with E-state index in [9.17, 15) is 22.4 Å². The molecule has 0 atom stereocenters. The Kier molecular flexibility index (Phi) is 3.69. The van der Waals surface area contributed by atoms with Gasteiger partial charge in [-0.3, -0.25) is 4.79 Å². The molecular formula is C15H20F4O2. The van der Waals surface area contributed by atoms with Crippen molar-refractivity contribution < 1.29 is 27.1 Å². The molecule has 4 aliphatic rings. The summed E-state index contributed by atoms with van der Waals surface area (Å²) >= 11 is 0. The summed E-state index contributed by atoms with van der Waals surface area (Å²) in [5, 5.41) is 0. The smallest absolute Gasteiger partial charge is 0.312 e. The summed E-state index contributed by atoms with van der Waals surface area (Å²) in [7, 11) is 0. The van der Waals surface area contributed by atoms with E-state index >= 15 is 0 Å². The normalized spacial score (nSPS) is 38.0. The van der Waals surface area contributed by atoms with Gasteiger partial charge in [0.15, 0.2) is 0 Å². The van der Waals surface area contributed by atoms with Crippen LogP contribution in [-0.2, 0) is 9.53 Å². The Labute approximate surface area is 121 Å². The Morgan fingerprint density at radius 3 is 2.00 bits per heavy atom. The van der Waals surface area contributed by atoms with E-state index in [4.69, 9.17) is 4.74 Å². The molecular weight excluding hydrogens is 288 g/mol. The van der Waals surface area contributed by atoms with Gasteiger partial charge in [0.25, 0.3) is 0 Å². The minimum absolute atomic E-state index is 0.438. The number of rotatable bonds is 5. The standard InChI is InChI=1S/C15H20F4O2/c16-12(17)15(18,19)1-2-21-13(20)14-6-9-3-10(7-14)5-11(4-9)8-14/h9-12H,1-8H2. The van der Waals surface area contributed by atoms with Gasteiger partial charge in [-0.2, -0.15) is 0 Å². The van der Waals surface area contributed by atoms with Gasteiger partial charge in [-0.15, -0.1) is 0 Å². The number of ether oxygens (including phenoxy) is 1. The Morgan fingerprint density at radius 2 is 1.57 bits per heavy atom. The van der Waals surface area contributed by atoms with Gasteiger partial charge in [0, 0.05) is 0 Å². The first-order chi connectivity index (χ1) is 9.81. The molecule has 0 saturated heterocycles. The fourth-order valence-electron chi connectivity index (χ4n) is 4.90. The third kappa shape index (κ3) is 2.78. The van der Waals surface area contributed by atoms with E-state index in [2.05, 4.69) is 0 Å². The lowest BCUT2D eigenvalue weighted by Crippen LogP contribution is -2.50. The molecule has 0 aromatic carbocycles. The van der Waals surface area contributed by atoms with Crippen molar-refractivity contribution >= 4 is 5.97 Å². The number of esters is 1. The molecule has 4 fully saturated rings. The average molecular weight is 308 g/mol. The molecule has 0 spiro atoms. The predicted molar refractivity (Wildman–Crippen MR) is 67.1 cm³/mol. The van der Waals surface area contributed by atoms with Crippen molar-refractivity contribution in [3.63, 3.8) is 0 Å². The molecule has 21 heavy (non-hydrogen) atoms. The van der Waals surface area contributed by atoms with E-state index in [0.29, 0.717) is 17.8 Å². The topological polar surface area (TPSA) is 26.3 Å². The molecule has 4 saturated carbocycles. The lowest BCUT2D eigenvalue weighted by atomic mass is 9.49. The fourth-order valence-corrected chi connectivity index (χ4v) is 4.90. The van der Waals surface area contributed by atoms with Gasteiger partial charge in [0.05, 0.1) is 18.4 Å². The highest BCUT2D eigenvalue weighted by Crippen LogP contribution is 2.60. The van der Waals surface area contributed by atoms with Crippen molar-refractivity contribution in [2.24, 2.45) is 23.2 Å². The van der Waals surface area contributed by atoms with Crippen molar-refractivity contribution in [3.8, 4) is 0 Å². The lowest BCUT2D eigenvalue weighted by Gasteiger charge is -2.55. The van der Waals surface area contributed by atoms with E-state index < -0.39 is 36.8 Å². The van der Waals surface area contributed by atoms with E-state index in [0.717, 1.165) is 38.5 Å². The molecule has 6 heteroatoms. The molecule has 120 valence electrons. The lowest BCUT2D eigenvalue weighted by molar-refractivity contribution is -0.178. The molecule has 0 unspecified atom stereocenters. The zero-order valence-corrected chi connectivity index (χ0v) is 11.8.